The molecule has 0 amide bonds. The van der Waals surface area contributed by atoms with Crippen molar-refractivity contribution in [2.45, 2.75) is 39.3 Å². The highest BCUT2D eigenvalue weighted by Crippen LogP contribution is 2.17. The first kappa shape index (κ1) is 14.9. The number of nitrogens with one attached hydrogen (secondary N) is 1. The summed E-state index contributed by atoms with van der Waals surface area (Å²) in [6.45, 7) is 5.57. The molecule has 1 aromatic heterocycles. The van der Waals surface area contributed by atoms with E-state index in [4.69, 9.17) is 9.47 Å². The lowest BCUT2D eigenvalue weighted by molar-refractivity contribution is 0.0516. The predicted octanol–water partition coefficient (Wildman–Crippen LogP) is 0.876. The molecule has 1 aromatic rings. The molecule has 0 saturated heterocycles. The molecule has 20 heavy (non-hydrogen) atoms. The Morgan fingerprint density at radius 3 is 2.95 bits per heavy atom. The van der Waals surface area contributed by atoms with E-state index < -0.39 is 0 Å². The molecule has 0 bridgehead atoms. The molecule has 0 fully saturated rings. The van der Waals surface area contributed by atoms with Gasteiger partial charge >= 0.3 is 5.97 Å². The summed E-state index contributed by atoms with van der Waals surface area (Å²) in [4.78, 5) is 21.0. The summed E-state index contributed by atoms with van der Waals surface area (Å²) < 4.78 is 10.3. The van der Waals surface area contributed by atoms with Gasteiger partial charge in [0, 0.05) is 38.6 Å². The van der Waals surface area contributed by atoms with E-state index in [9.17, 15) is 4.79 Å². The molecule has 2 rings (SSSR count). The highest BCUT2D eigenvalue weighted by Gasteiger charge is 2.23. The quantitative estimate of drug-likeness (QED) is 0.806. The maximum Gasteiger partial charge on any atom is 0.357 e. The molecule has 0 spiro atoms. The zero-order chi connectivity index (χ0) is 14.5. The van der Waals surface area contributed by atoms with E-state index in [-0.39, 0.29) is 12.1 Å². The van der Waals surface area contributed by atoms with Crippen LogP contribution in [0.15, 0.2) is 0 Å². The molecule has 1 N–H and O–H groups in total. The summed E-state index contributed by atoms with van der Waals surface area (Å²) in [5.41, 5.74) is 2.20. The van der Waals surface area contributed by atoms with E-state index >= 15 is 0 Å². The summed E-state index contributed by atoms with van der Waals surface area (Å²) >= 11 is 0. The number of fused-ring (bicyclic) bond motifs is 1. The van der Waals surface area contributed by atoms with Crippen LogP contribution >= 0.6 is 0 Å². The summed E-state index contributed by atoms with van der Waals surface area (Å²) in [5, 5.41) is 3.24. The van der Waals surface area contributed by atoms with Gasteiger partial charge in [0.25, 0.3) is 0 Å². The van der Waals surface area contributed by atoms with Gasteiger partial charge in [-0.3, -0.25) is 0 Å². The second-order valence-electron chi connectivity index (χ2n) is 4.81. The first-order valence-electron chi connectivity index (χ1n) is 6.95. The zero-order valence-corrected chi connectivity index (χ0v) is 12.2. The Balaban J connectivity index is 2.36. The number of ether oxygens (including phenoxy) is 2. The van der Waals surface area contributed by atoms with E-state index in [0.29, 0.717) is 31.1 Å². The Hall–Kier alpha value is -1.53. The molecule has 6 nitrogen and oxygen atoms in total. The number of rotatable bonds is 5. The normalized spacial score (nSPS) is 15.6. The molecule has 2 heterocycles. The van der Waals surface area contributed by atoms with Gasteiger partial charge in [-0.1, -0.05) is 0 Å². The molecule has 6 heteroatoms. The Bertz CT molecular complexity index is 491. The molecule has 1 unspecified atom stereocenters. The molecular formula is C14H21N3O3. The smallest absolute Gasteiger partial charge is 0.357 e. The molecule has 1 aliphatic rings. The number of esters is 1. The lowest BCUT2D eigenvalue weighted by Gasteiger charge is -2.20. The van der Waals surface area contributed by atoms with Crippen molar-refractivity contribution in [3.05, 3.63) is 22.8 Å². The average Bonchev–Trinajstić information content (AvgIpc) is 2.46. The molecule has 0 saturated carbocycles. The van der Waals surface area contributed by atoms with Crippen molar-refractivity contribution in [3.8, 4) is 0 Å². The van der Waals surface area contributed by atoms with Crippen LogP contribution in [-0.4, -0.2) is 42.3 Å². The third kappa shape index (κ3) is 3.32. The fourth-order valence-electron chi connectivity index (χ4n) is 2.19. The van der Waals surface area contributed by atoms with Crippen molar-refractivity contribution in [2.75, 3.05) is 20.3 Å². The van der Waals surface area contributed by atoms with Crippen LogP contribution in [0.1, 0.15) is 41.4 Å². The maximum atomic E-state index is 12.1. The van der Waals surface area contributed by atoms with Crippen LogP contribution in [0, 0.1) is 0 Å². The minimum atomic E-state index is -0.374. The topological polar surface area (TPSA) is 73.3 Å². The van der Waals surface area contributed by atoms with Crippen LogP contribution in [0.25, 0.3) is 0 Å². The van der Waals surface area contributed by atoms with Gasteiger partial charge in [-0.05, 0) is 13.8 Å². The van der Waals surface area contributed by atoms with E-state index in [1.807, 2.05) is 6.92 Å². The number of nitrogens with zero attached hydrogens (tertiary/aromatic N) is 2. The second kappa shape index (κ2) is 6.76. The van der Waals surface area contributed by atoms with Crippen LogP contribution in [0.2, 0.25) is 0 Å². The van der Waals surface area contributed by atoms with Crippen molar-refractivity contribution < 1.29 is 14.3 Å². The highest BCUT2D eigenvalue weighted by atomic mass is 16.5. The average molecular weight is 279 g/mol. The third-order valence-electron chi connectivity index (χ3n) is 3.32. The number of hydrogen-bond donors (Lipinski definition) is 1. The largest absolute Gasteiger partial charge is 0.461 e. The Morgan fingerprint density at radius 1 is 1.45 bits per heavy atom. The highest BCUT2D eigenvalue weighted by molar-refractivity contribution is 5.89. The lowest BCUT2D eigenvalue weighted by Crippen LogP contribution is -2.29. The second-order valence-corrected chi connectivity index (χ2v) is 4.81. The lowest BCUT2D eigenvalue weighted by atomic mass is 10.0. The van der Waals surface area contributed by atoms with Crippen molar-refractivity contribution in [1.82, 2.24) is 15.3 Å². The maximum absolute atomic E-state index is 12.1. The minimum Gasteiger partial charge on any atom is -0.461 e. The van der Waals surface area contributed by atoms with Crippen molar-refractivity contribution in [1.29, 1.82) is 0 Å². The minimum absolute atomic E-state index is 0.0183. The number of carbonyl (C=O) groups excluding carboxylic acids is 1. The first-order valence-corrected chi connectivity index (χ1v) is 6.95. The van der Waals surface area contributed by atoms with Gasteiger partial charge in [-0.25, -0.2) is 14.8 Å². The van der Waals surface area contributed by atoms with Crippen LogP contribution in [0.3, 0.4) is 0 Å². The summed E-state index contributed by atoms with van der Waals surface area (Å²) in [7, 11) is 1.65. The number of carbonyl (C=O) groups is 1. The fourth-order valence-corrected chi connectivity index (χ4v) is 2.19. The fraction of sp³-hybridized carbons (Fsp3) is 0.643. The number of hydrogen-bond acceptors (Lipinski definition) is 6. The van der Waals surface area contributed by atoms with E-state index in [1.54, 1.807) is 14.0 Å². The third-order valence-corrected chi connectivity index (χ3v) is 3.32. The van der Waals surface area contributed by atoms with Crippen LogP contribution in [0.5, 0.6) is 0 Å². The van der Waals surface area contributed by atoms with Gasteiger partial charge in [0.2, 0.25) is 0 Å². The van der Waals surface area contributed by atoms with E-state index in [0.717, 1.165) is 24.2 Å². The van der Waals surface area contributed by atoms with Crippen molar-refractivity contribution >= 4 is 5.97 Å². The Morgan fingerprint density at radius 2 is 2.25 bits per heavy atom. The summed E-state index contributed by atoms with van der Waals surface area (Å²) in [6.07, 6.45) is 1.41. The Kier molecular flexibility index (Phi) is 5.03. The van der Waals surface area contributed by atoms with Crippen LogP contribution in [-0.2, 0) is 28.9 Å². The first-order chi connectivity index (χ1) is 9.65. The SMILES string of the molecule is CCOC(=O)c1nc(CC(C)OC)nc2c1CNCC2. The van der Waals surface area contributed by atoms with Gasteiger partial charge < -0.3 is 14.8 Å². The number of methoxy groups -OCH3 is 1. The van der Waals surface area contributed by atoms with Gasteiger partial charge in [0.1, 0.15) is 5.82 Å². The van der Waals surface area contributed by atoms with Crippen molar-refractivity contribution in [2.24, 2.45) is 0 Å². The molecule has 0 radical (unpaired) electrons. The van der Waals surface area contributed by atoms with E-state index in [2.05, 4.69) is 15.3 Å². The standard InChI is InChI=1S/C14H21N3O3/c1-4-20-14(18)13-10-8-15-6-5-11(10)16-12(17-13)7-9(2)19-3/h9,15H,4-8H2,1-3H3. The Labute approximate surface area is 118 Å². The zero-order valence-electron chi connectivity index (χ0n) is 12.2. The number of aromatic nitrogens is 2. The monoisotopic (exact) mass is 279 g/mol. The molecule has 1 aliphatic heterocycles. The van der Waals surface area contributed by atoms with Crippen molar-refractivity contribution in [3.63, 3.8) is 0 Å². The predicted molar refractivity (Wildman–Crippen MR) is 73.6 cm³/mol. The van der Waals surface area contributed by atoms with E-state index in [1.165, 1.54) is 0 Å². The molecule has 1 atom stereocenters. The summed E-state index contributed by atoms with van der Waals surface area (Å²) in [5.74, 6) is 0.268. The summed E-state index contributed by atoms with van der Waals surface area (Å²) in [6, 6.07) is 0. The van der Waals surface area contributed by atoms with Gasteiger partial charge in [-0.15, -0.1) is 0 Å². The van der Waals surface area contributed by atoms with Crippen LogP contribution in [0.4, 0.5) is 0 Å². The van der Waals surface area contributed by atoms with Gasteiger partial charge in [-0.2, -0.15) is 0 Å². The van der Waals surface area contributed by atoms with Crippen LogP contribution < -0.4 is 5.32 Å². The molecule has 0 aliphatic carbocycles. The van der Waals surface area contributed by atoms with Gasteiger partial charge in [0.05, 0.1) is 18.4 Å². The molecule has 0 aromatic carbocycles. The molecule has 110 valence electrons. The molecular weight excluding hydrogens is 258 g/mol. The van der Waals surface area contributed by atoms with Gasteiger partial charge in [0.15, 0.2) is 5.69 Å².